The molecule has 0 aliphatic heterocycles. The van der Waals surface area contributed by atoms with Crippen molar-refractivity contribution in [2.24, 2.45) is 0 Å². The summed E-state index contributed by atoms with van der Waals surface area (Å²) in [4.78, 5) is 27.9. The van der Waals surface area contributed by atoms with E-state index in [-0.39, 0.29) is 11.7 Å². The third-order valence-electron chi connectivity index (χ3n) is 3.23. The van der Waals surface area contributed by atoms with Crippen molar-refractivity contribution in [1.82, 2.24) is 15.2 Å². The fourth-order valence-electron chi connectivity index (χ4n) is 2.02. The van der Waals surface area contributed by atoms with Crippen LogP contribution in [0.5, 0.6) is 0 Å². The van der Waals surface area contributed by atoms with Gasteiger partial charge in [0.25, 0.3) is 5.69 Å². The molecular weight excluding hydrogens is 310 g/mol. The number of hydrogen-bond donors (Lipinski definition) is 2. The number of urea groups is 1. The summed E-state index contributed by atoms with van der Waals surface area (Å²) >= 11 is 0. The highest BCUT2D eigenvalue weighted by molar-refractivity contribution is 5.73. The molecule has 24 heavy (non-hydrogen) atoms. The molecule has 2 N–H and O–H groups in total. The average molecular weight is 329 g/mol. The van der Waals surface area contributed by atoms with E-state index >= 15 is 0 Å². The first kappa shape index (κ1) is 17.2. The van der Waals surface area contributed by atoms with E-state index in [1.54, 1.807) is 44.4 Å². The Morgan fingerprint density at radius 1 is 1.17 bits per heavy atom. The molecule has 0 radical (unpaired) electrons. The summed E-state index contributed by atoms with van der Waals surface area (Å²) in [6.07, 6.45) is 0. The lowest BCUT2D eigenvalue weighted by atomic mass is 10.1. The van der Waals surface area contributed by atoms with Crippen molar-refractivity contribution < 1.29 is 9.72 Å². The third kappa shape index (κ3) is 4.42. The lowest BCUT2D eigenvalue weighted by Gasteiger charge is -2.12. The number of nitrogens with one attached hydrogen (secondary N) is 2. The predicted molar refractivity (Wildman–Crippen MR) is 91.9 cm³/mol. The van der Waals surface area contributed by atoms with E-state index in [1.165, 1.54) is 11.0 Å². The molecule has 126 valence electrons. The van der Waals surface area contributed by atoms with Crippen LogP contribution in [0.4, 0.5) is 16.3 Å². The SMILES string of the molecule is CN(C)C(=O)NCCNc1ccc([N+](=O)[O-])c(-c2ccccc2)n1. The van der Waals surface area contributed by atoms with Gasteiger partial charge in [0.1, 0.15) is 5.82 Å². The molecule has 0 atom stereocenters. The Hall–Kier alpha value is -3.16. The van der Waals surface area contributed by atoms with Crippen LogP contribution in [0.3, 0.4) is 0 Å². The van der Waals surface area contributed by atoms with Crippen LogP contribution in [0.25, 0.3) is 11.3 Å². The lowest BCUT2D eigenvalue weighted by Crippen LogP contribution is -2.37. The van der Waals surface area contributed by atoms with Gasteiger partial charge in [0, 0.05) is 38.8 Å². The number of rotatable bonds is 6. The molecule has 1 aromatic carbocycles. The summed E-state index contributed by atoms with van der Waals surface area (Å²) < 4.78 is 0. The molecule has 0 bridgehead atoms. The zero-order chi connectivity index (χ0) is 17.5. The van der Waals surface area contributed by atoms with Crippen molar-refractivity contribution in [3.63, 3.8) is 0 Å². The molecule has 8 heteroatoms. The van der Waals surface area contributed by atoms with Crippen molar-refractivity contribution in [2.45, 2.75) is 0 Å². The fourth-order valence-corrected chi connectivity index (χ4v) is 2.02. The second-order valence-corrected chi connectivity index (χ2v) is 5.24. The second kappa shape index (κ2) is 7.91. The molecule has 0 saturated heterocycles. The first-order valence-electron chi connectivity index (χ1n) is 7.39. The Morgan fingerprint density at radius 3 is 2.50 bits per heavy atom. The highest BCUT2D eigenvalue weighted by Crippen LogP contribution is 2.28. The van der Waals surface area contributed by atoms with Gasteiger partial charge in [-0.15, -0.1) is 0 Å². The van der Waals surface area contributed by atoms with Gasteiger partial charge in [0.15, 0.2) is 5.69 Å². The van der Waals surface area contributed by atoms with E-state index in [0.29, 0.717) is 30.2 Å². The van der Waals surface area contributed by atoms with Crippen molar-refractivity contribution in [3.8, 4) is 11.3 Å². The van der Waals surface area contributed by atoms with Crippen LogP contribution in [0.15, 0.2) is 42.5 Å². The van der Waals surface area contributed by atoms with Crippen molar-refractivity contribution in [2.75, 3.05) is 32.5 Å². The number of hydrogen-bond acceptors (Lipinski definition) is 5. The zero-order valence-corrected chi connectivity index (χ0v) is 13.5. The van der Waals surface area contributed by atoms with E-state index in [9.17, 15) is 14.9 Å². The van der Waals surface area contributed by atoms with Gasteiger partial charge in [-0.3, -0.25) is 10.1 Å². The first-order valence-corrected chi connectivity index (χ1v) is 7.39. The highest BCUT2D eigenvalue weighted by Gasteiger charge is 2.17. The number of anilines is 1. The zero-order valence-electron chi connectivity index (χ0n) is 13.5. The van der Waals surface area contributed by atoms with Gasteiger partial charge >= 0.3 is 6.03 Å². The molecular formula is C16H19N5O3. The number of aromatic nitrogens is 1. The number of carbonyl (C=O) groups excluding carboxylic acids is 1. The summed E-state index contributed by atoms with van der Waals surface area (Å²) in [6, 6.07) is 11.8. The third-order valence-corrected chi connectivity index (χ3v) is 3.23. The summed E-state index contributed by atoms with van der Waals surface area (Å²) in [5, 5.41) is 17.0. The molecule has 0 spiro atoms. The Labute approximate surface area is 139 Å². The summed E-state index contributed by atoms with van der Waals surface area (Å²) in [5.41, 5.74) is 0.935. The van der Waals surface area contributed by atoms with Crippen LogP contribution in [-0.2, 0) is 0 Å². The lowest BCUT2D eigenvalue weighted by molar-refractivity contribution is -0.384. The maximum absolute atomic E-state index is 11.4. The quantitative estimate of drug-likeness (QED) is 0.481. The maximum atomic E-state index is 11.4. The van der Waals surface area contributed by atoms with Crippen LogP contribution in [-0.4, -0.2) is 48.0 Å². The normalized spacial score (nSPS) is 10.1. The van der Waals surface area contributed by atoms with Crippen LogP contribution in [0.2, 0.25) is 0 Å². The van der Waals surface area contributed by atoms with Gasteiger partial charge in [-0.25, -0.2) is 9.78 Å². The van der Waals surface area contributed by atoms with Gasteiger partial charge in [0.2, 0.25) is 0 Å². The maximum Gasteiger partial charge on any atom is 0.316 e. The van der Waals surface area contributed by atoms with Crippen molar-refractivity contribution in [1.29, 1.82) is 0 Å². The summed E-state index contributed by atoms with van der Waals surface area (Å²) in [7, 11) is 3.32. The molecule has 0 aliphatic carbocycles. The number of benzene rings is 1. The Kier molecular flexibility index (Phi) is 5.67. The molecule has 2 aromatic rings. The minimum absolute atomic E-state index is 0.0485. The minimum Gasteiger partial charge on any atom is -0.368 e. The van der Waals surface area contributed by atoms with E-state index in [1.807, 2.05) is 6.07 Å². The van der Waals surface area contributed by atoms with Gasteiger partial charge in [0.05, 0.1) is 4.92 Å². The molecule has 0 fully saturated rings. The van der Waals surface area contributed by atoms with Crippen LogP contribution < -0.4 is 10.6 Å². The highest BCUT2D eigenvalue weighted by atomic mass is 16.6. The molecule has 2 amide bonds. The molecule has 8 nitrogen and oxygen atoms in total. The van der Waals surface area contributed by atoms with Crippen LogP contribution >= 0.6 is 0 Å². The van der Waals surface area contributed by atoms with Gasteiger partial charge in [-0.1, -0.05) is 30.3 Å². The van der Waals surface area contributed by atoms with Crippen LogP contribution in [0.1, 0.15) is 0 Å². The Balaban J connectivity index is 2.10. The van der Waals surface area contributed by atoms with Gasteiger partial charge < -0.3 is 15.5 Å². The van der Waals surface area contributed by atoms with E-state index in [2.05, 4.69) is 15.6 Å². The minimum atomic E-state index is -0.448. The smallest absolute Gasteiger partial charge is 0.316 e. The van der Waals surface area contributed by atoms with Gasteiger partial charge in [-0.05, 0) is 6.07 Å². The summed E-state index contributed by atoms with van der Waals surface area (Å²) in [5.74, 6) is 0.513. The molecule has 1 heterocycles. The Bertz CT molecular complexity index is 719. The van der Waals surface area contributed by atoms with Crippen molar-refractivity contribution >= 4 is 17.5 Å². The number of nitro groups is 1. The molecule has 0 unspecified atom stereocenters. The predicted octanol–water partition coefficient (Wildman–Crippen LogP) is 2.34. The average Bonchev–Trinajstić information content (AvgIpc) is 2.58. The monoisotopic (exact) mass is 329 g/mol. The second-order valence-electron chi connectivity index (χ2n) is 5.24. The number of amides is 2. The van der Waals surface area contributed by atoms with Gasteiger partial charge in [-0.2, -0.15) is 0 Å². The molecule has 0 aliphatic rings. The van der Waals surface area contributed by atoms with E-state index in [4.69, 9.17) is 0 Å². The molecule has 0 saturated carbocycles. The number of nitrogens with zero attached hydrogens (tertiary/aromatic N) is 3. The molecule has 1 aromatic heterocycles. The largest absolute Gasteiger partial charge is 0.368 e. The number of carbonyl (C=O) groups is 1. The molecule has 2 rings (SSSR count). The standard InChI is InChI=1S/C16H19N5O3/c1-20(2)16(22)18-11-10-17-14-9-8-13(21(23)24)15(19-14)12-6-4-3-5-7-12/h3-9H,10-11H2,1-2H3,(H,17,19)(H,18,22). The van der Waals surface area contributed by atoms with E-state index < -0.39 is 4.92 Å². The summed E-state index contributed by atoms with van der Waals surface area (Å²) in [6.45, 7) is 0.870. The first-order chi connectivity index (χ1) is 11.5. The van der Waals surface area contributed by atoms with Crippen molar-refractivity contribution in [3.05, 3.63) is 52.6 Å². The van der Waals surface area contributed by atoms with E-state index in [0.717, 1.165) is 0 Å². The fraction of sp³-hybridized carbons (Fsp3) is 0.250. The Morgan fingerprint density at radius 2 is 1.88 bits per heavy atom. The topological polar surface area (TPSA) is 100 Å². The van der Waals surface area contributed by atoms with Crippen LogP contribution in [0, 0.1) is 10.1 Å². The number of pyridine rings is 1.